The number of rotatable bonds is 3. The molecular formula is C17H22N2. The van der Waals surface area contributed by atoms with Gasteiger partial charge in [-0.1, -0.05) is 44.2 Å². The van der Waals surface area contributed by atoms with Gasteiger partial charge in [-0.15, -0.1) is 0 Å². The highest BCUT2D eigenvalue weighted by molar-refractivity contribution is 5.84. The Morgan fingerprint density at radius 1 is 1.11 bits per heavy atom. The van der Waals surface area contributed by atoms with Gasteiger partial charge in [-0.25, -0.2) is 4.99 Å². The summed E-state index contributed by atoms with van der Waals surface area (Å²) in [5.74, 6) is 0.923. The van der Waals surface area contributed by atoms with Gasteiger partial charge in [-0.2, -0.15) is 0 Å². The van der Waals surface area contributed by atoms with Crippen LogP contribution in [0.25, 0.3) is 16.7 Å². The van der Waals surface area contributed by atoms with Crippen molar-refractivity contribution in [2.24, 2.45) is 4.99 Å². The lowest BCUT2D eigenvalue weighted by Crippen LogP contribution is -1.92. The van der Waals surface area contributed by atoms with Crippen molar-refractivity contribution in [1.29, 1.82) is 0 Å². The number of hydrogen-bond donors (Lipinski definition) is 0. The molecule has 2 aromatic rings. The third-order valence-corrected chi connectivity index (χ3v) is 2.55. The van der Waals surface area contributed by atoms with Gasteiger partial charge < -0.3 is 4.57 Å². The molecule has 19 heavy (non-hydrogen) atoms. The van der Waals surface area contributed by atoms with E-state index in [4.69, 9.17) is 0 Å². The fourth-order valence-corrected chi connectivity index (χ4v) is 1.78. The first kappa shape index (κ1) is 15.0. The van der Waals surface area contributed by atoms with Crippen LogP contribution in [0, 0.1) is 0 Å². The number of benzene rings is 1. The van der Waals surface area contributed by atoms with Gasteiger partial charge in [0.2, 0.25) is 0 Å². The van der Waals surface area contributed by atoms with Crippen LogP contribution in [0.5, 0.6) is 0 Å². The smallest absolute Gasteiger partial charge is 0.136 e. The van der Waals surface area contributed by atoms with Gasteiger partial charge in [0.1, 0.15) is 5.82 Å². The van der Waals surface area contributed by atoms with Crippen molar-refractivity contribution in [3.8, 4) is 0 Å². The van der Waals surface area contributed by atoms with E-state index in [-0.39, 0.29) is 0 Å². The summed E-state index contributed by atoms with van der Waals surface area (Å²) in [4.78, 5) is 4.40. The van der Waals surface area contributed by atoms with E-state index >= 15 is 0 Å². The maximum atomic E-state index is 4.40. The number of aromatic nitrogens is 1. The van der Waals surface area contributed by atoms with Gasteiger partial charge in [0.25, 0.3) is 0 Å². The van der Waals surface area contributed by atoms with Gasteiger partial charge in [-0.05, 0) is 37.4 Å². The normalized spacial score (nSPS) is 12.1. The fourth-order valence-electron chi connectivity index (χ4n) is 1.78. The van der Waals surface area contributed by atoms with Crippen molar-refractivity contribution in [1.82, 2.24) is 4.57 Å². The van der Waals surface area contributed by atoms with Crippen molar-refractivity contribution in [3.63, 3.8) is 0 Å². The van der Waals surface area contributed by atoms with Gasteiger partial charge in [-0.3, -0.25) is 0 Å². The molecule has 0 saturated carbocycles. The Balaban J connectivity index is 0.000000861. The third-order valence-electron chi connectivity index (χ3n) is 2.55. The maximum Gasteiger partial charge on any atom is 0.136 e. The summed E-state index contributed by atoms with van der Waals surface area (Å²) in [6.45, 7) is 7.92. The molecule has 0 spiro atoms. The Labute approximate surface area is 115 Å². The summed E-state index contributed by atoms with van der Waals surface area (Å²) >= 11 is 0. The number of aliphatic imine (C=N–C) groups is 1. The van der Waals surface area contributed by atoms with E-state index in [1.165, 1.54) is 10.9 Å². The number of para-hydroxylation sites is 1. The molecule has 1 aromatic carbocycles. The molecule has 100 valence electrons. The van der Waals surface area contributed by atoms with E-state index in [1.54, 1.807) is 0 Å². The largest absolute Gasteiger partial charge is 0.301 e. The van der Waals surface area contributed by atoms with Crippen LogP contribution in [0.15, 0.2) is 59.7 Å². The van der Waals surface area contributed by atoms with E-state index in [9.17, 15) is 0 Å². The Morgan fingerprint density at radius 3 is 2.53 bits per heavy atom. The van der Waals surface area contributed by atoms with Crippen LogP contribution in [0.3, 0.4) is 0 Å². The van der Waals surface area contributed by atoms with Crippen molar-refractivity contribution in [2.75, 3.05) is 0 Å². The van der Waals surface area contributed by atoms with Crippen LogP contribution in [-0.2, 0) is 0 Å². The monoisotopic (exact) mass is 254 g/mol. The summed E-state index contributed by atoms with van der Waals surface area (Å²) in [7, 11) is 0. The minimum absolute atomic E-state index is 0.923. The summed E-state index contributed by atoms with van der Waals surface area (Å²) in [6.07, 6.45) is 9.86. The molecule has 0 aliphatic heterocycles. The molecule has 0 amide bonds. The number of nitrogens with zero attached hydrogens (tertiary/aromatic N) is 2. The van der Waals surface area contributed by atoms with Crippen LogP contribution in [0.4, 0.5) is 0 Å². The predicted molar refractivity (Wildman–Crippen MR) is 86.5 cm³/mol. The van der Waals surface area contributed by atoms with Crippen LogP contribution in [0.2, 0.25) is 0 Å². The van der Waals surface area contributed by atoms with E-state index in [0.29, 0.717) is 0 Å². The van der Waals surface area contributed by atoms with Gasteiger partial charge in [0.15, 0.2) is 0 Å². The molecule has 0 saturated heterocycles. The molecule has 2 heteroatoms. The molecule has 1 aromatic heterocycles. The molecule has 0 atom stereocenters. The van der Waals surface area contributed by atoms with Crippen LogP contribution in [0.1, 0.15) is 27.7 Å². The topological polar surface area (TPSA) is 17.3 Å². The summed E-state index contributed by atoms with van der Waals surface area (Å²) < 4.78 is 2.09. The van der Waals surface area contributed by atoms with Crippen molar-refractivity contribution in [2.45, 2.75) is 27.7 Å². The average molecular weight is 254 g/mol. The highest BCUT2D eigenvalue weighted by Gasteiger charge is 2.02. The zero-order valence-corrected chi connectivity index (χ0v) is 12.2. The first-order valence-electron chi connectivity index (χ1n) is 6.75. The first-order valence-corrected chi connectivity index (χ1v) is 6.75. The molecular weight excluding hydrogens is 232 g/mol. The van der Waals surface area contributed by atoms with Crippen LogP contribution < -0.4 is 0 Å². The SMILES string of the molecule is CC.C\C=C/C=C(\N=C/C)n1ccc2ccccc21. The van der Waals surface area contributed by atoms with Crippen molar-refractivity contribution < 1.29 is 0 Å². The number of fused-ring (bicyclic) bond motifs is 1. The molecule has 2 rings (SSSR count). The minimum atomic E-state index is 0.923. The fraction of sp³-hybridized carbons (Fsp3) is 0.235. The van der Waals surface area contributed by atoms with Crippen LogP contribution in [-0.4, -0.2) is 10.8 Å². The van der Waals surface area contributed by atoms with E-state index < -0.39 is 0 Å². The molecule has 0 bridgehead atoms. The lowest BCUT2D eigenvalue weighted by Gasteiger charge is -2.04. The summed E-state index contributed by atoms with van der Waals surface area (Å²) in [6, 6.07) is 10.4. The molecule has 1 heterocycles. The molecule has 0 radical (unpaired) electrons. The third kappa shape index (κ3) is 3.68. The van der Waals surface area contributed by atoms with Gasteiger partial charge in [0.05, 0.1) is 5.52 Å². The average Bonchev–Trinajstić information content (AvgIpc) is 2.89. The van der Waals surface area contributed by atoms with E-state index in [1.807, 2.05) is 70.5 Å². The standard InChI is InChI=1S/C15H16N2.C2H6/c1-3-5-10-15(16-4-2)17-12-11-13-8-6-7-9-14(13)17;1-2/h3-12H,1-2H3;1-2H3/b5-3-,15-10+,16-4-;. The van der Waals surface area contributed by atoms with Crippen LogP contribution >= 0.6 is 0 Å². The maximum absolute atomic E-state index is 4.40. The van der Waals surface area contributed by atoms with E-state index in [0.717, 1.165) is 5.82 Å². The lowest BCUT2D eigenvalue weighted by molar-refractivity contribution is 1.13. The van der Waals surface area contributed by atoms with Gasteiger partial charge in [0, 0.05) is 12.4 Å². The molecule has 0 fully saturated rings. The highest BCUT2D eigenvalue weighted by atomic mass is 15.1. The molecule has 0 unspecified atom stereocenters. The predicted octanol–water partition coefficient (Wildman–Crippen LogP) is 5.13. The molecule has 2 nitrogen and oxygen atoms in total. The second-order valence-electron chi connectivity index (χ2n) is 3.68. The number of allylic oxidation sites excluding steroid dienone is 3. The lowest BCUT2D eigenvalue weighted by atomic mass is 10.2. The van der Waals surface area contributed by atoms with Crippen molar-refractivity contribution in [3.05, 3.63) is 54.8 Å². The first-order chi connectivity index (χ1) is 9.36. The molecule has 0 aliphatic rings. The Hall–Kier alpha value is -2.09. The molecule has 0 aliphatic carbocycles. The van der Waals surface area contributed by atoms with E-state index in [2.05, 4.69) is 27.8 Å². The second kappa shape index (κ2) is 8.09. The summed E-state index contributed by atoms with van der Waals surface area (Å²) in [5, 5.41) is 1.23. The Bertz CT molecular complexity index is 586. The number of hydrogen-bond acceptors (Lipinski definition) is 1. The zero-order chi connectivity index (χ0) is 14.1. The zero-order valence-electron chi connectivity index (χ0n) is 12.2. The highest BCUT2D eigenvalue weighted by Crippen LogP contribution is 2.20. The second-order valence-corrected chi connectivity index (χ2v) is 3.68. The molecule has 0 N–H and O–H groups in total. The minimum Gasteiger partial charge on any atom is -0.301 e. The Morgan fingerprint density at radius 2 is 1.84 bits per heavy atom. The van der Waals surface area contributed by atoms with Crippen molar-refractivity contribution >= 4 is 22.9 Å². The Kier molecular flexibility index (Phi) is 6.37. The van der Waals surface area contributed by atoms with Gasteiger partial charge >= 0.3 is 0 Å². The quantitative estimate of drug-likeness (QED) is 0.533. The summed E-state index contributed by atoms with van der Waals surface area (Å²) in [5.41, 5.74) is 1.17.